The highest BCUT2D eigenvalue weighted by Gasteiger charge is 2.15. The number of nitrogens with one attached hydrogen (secondary N) is 1. The first-order valence-electron chi connectivity index (χ1n) is 11.2. The Balaban J connectivity index is 1.42. The summed E-state index contributed by atoms with van der Waals surface area (Å²) >= 11 is 0. The van der Waals surface area contributed by atoms with Gasteiger partial charge in [0.25, 0.3) is 0 Å². The highest BCUT2D eigenvalue weighted by molar-refractivity contribution is 7.90. The molecule has 1 N–H and O–H groups in total. The van der Waals surface area contributed by atoms with Crippen molar-refractivity contribution in [2.24, 2.45) is 0 Å². The molecular weight excluding hydrogens is 452 g/mol. The molecule has 0 aliphatic heterocycles. The van der Waals surface area contributed by atoms with E-state index in [0.717, 1.165) is 35.7 Å². The van der Waals surface area contributed by atoms with E-state index in [1.54, 1.807) is 18.2 Å². The highest BCUT2D eigenvalue weighted by Crippen LogP contribution is 2.23. The molecule has 3 aromatic rings. The van der Waals surface area contributed by atoms with E-state index in [1.165, 1.54) is 12.3 Å². The average Bonchev–Trinajstić information content (AvgIpc) is 3.09. The maximum absolute atomic E-state index is 12.5. The van der Waals surface area contributed by atoms with E-state index < -0.39 is 9.84 Å². The van der Waals surface area contributed by atoms with Crippen molar-refractivity contribution < 1.29 is 17.9 Å². The van der Waals surface area contributed by atoms with E-state index in [9.17, 15) is 13.2 Å². The van der Waals surface area contributed by atoms with Crippen molar-refractivity contribution in [3.05, 3.63) is 66.0 Å². The fourth-order valence-corrected chi connectivity index (χ4v) is 4.23. The van der Waals surface area contributed by atoms with Gasteiger partial charge < -0.3 is 15.0 Å². The Labute approximate surface area is 201 Å². The van der Waals surface area contributed by atoms with Gasteiger partial charge in [-0.2, -0.15) is 5.10 Å². The molecule has 1 aromatic heterocycles. The Bertz CT molecular complexity index is 1220. The van der Waals surface area contributed by atoms with Gasteiger partial charge >= 0.3 is 0 Å². The quantitative estimate of drug-likeness (QED) is 0.418. The van der Waals surface area contributed by atoms with Crippen LogP contribution in [0, 0.1) is 13.8 Å². The molecule has 0 fully saturated rings. The topological polar surface area (TPSA) is 93.5 Å². The fourth-order valence-electron chi connectivity index (χ4n) is 3.57. The molecular formula is C25H32N4O4S. The van der Waals surface area contributed by atoms with Crippen molar-refractivity contribution >= 4 is 21.4 Å². The van der Waals surface area contributed by atoms with Gasteiger partial charge in [0.1, 0.15) is 5.75 Å². The normalized spacial score (nSPS) is 11.6. The number of rotatable bonds is 11. The third kappa shape index (κ3) is 6.91. The summed E-state index contributed by atoms with van der Waals surface area (Å²) in [5, 5.41) is 7.57. The summed E-state index contributed by atoms with van der Waals surface area (Å²) in [4.78, 5) is 14.9. The third-order valence-electron chi connectivity index (χ3n) is 5.46. The molecule has 0 radical (unpaired) electrons. The zero-order valence-electron chi connectivity index (χ0n) is 20.1. The van der Waals surface area contributed by atoms with Crippen LogP contribution in [0.1, 0.15) is 24.2 Å². The fraction of sp³-hybridized carbons (Fsp3) is 0.360. The Morgan fingerprint density at radius 1 is 1.09 bits per heavy atom. The maximum Gasteiger partial charge on any atom is 0.225 e. The molecule has 0 aliphatic carbocycles. The zero-order valence-corrected chi connectivity index (χ0v) is 20.9. The molecule has 0 unspecified atom stereocenters. The van der Waals surface area contributed by atoms with Gasteiger partial charge in [-0.25, -0.2) is 13.1 Å². The van der Waals surface area contributed by atoms with Gasteiger partial charge in [0.2, 0.25) is 5.91 Å². The molecule has 182 valence electrons. The molecule has 0 saturated carbocycles. The van der Waals surface area contributed by atoms with E-state index in [4.69, 9.17) is 4.74 Å². The predicted molar refractivity (Wildman–Crippen MR) is 133 cm³/mol. The second-order valence-electron chi connectivity index (χ2n) is 8.34. The average molecular weight is 485 g/mol. The summed E-state index contributed by atoms with van der Waals surface area (Å²) < 4.78 is 30.8. The minimum absolute atomic E-state index is 0.0560. The largest absolute Gasteiger partial charge is 0.494 e. The third-order valence-corrected chi connectivity index (χ3v) is 6.57. The first-order valence-corrected chi connectivity index (χ1v) is 13.1. The number of carbonyl (C=O) groups is 1. The van der Waals surface area contributed by atoms with Gasteiger partial charge in [-0.05, 0) is 57.6 Å². The molecule has 1 heterocycles. The first-order chi connectivity index (χ1) is 16.1. The maximum atomic E-state index is 12.5. The van der Waals surface area contributed by atoms with Crippen LogP contribution in [0.3, 0.4) is 0 Å². The van der Waals surface area contributed by atoms with E-state index in [2.05, 4.69) is 15.3 Å². The Kier molecular flexibility index (Phi) is 8.46. The number of benzene rings is 2. The van der Waals surface area contributed by atoms with Crippen LogP contribution in [-0.2, 0) is 14.6 Å². The van der Waals surface area contributed by atoms with Crippen molar-refractivity contribution in [2.45, 2.75) is 31.6 Å². The zero-order chi connectivity index (χ0) is 24.7. The summed E-state index contributed by atoms with van der Waals surface area (Å²) in [5.74, 6) is 0.478. The molecule has 1 amide bonds. The Morgan fingerprint density at radius 2 is 1.82 bits per heavy atom. The number of aryl methyl sites for hydroxylation is 1. The van der Waals surface area contributed by atoms with Gasteiger partial charge in [0.05, 0.1) is 34.3 Å². The smallest absolute Gasteiger partial charge is 0.225 e. The molecule has 0 spiro atoms. The minimum atomic E-state index is -3.26. The van der Waals surface area contributed by atoms with Crippen LogP contribution in [0.5, 0.6) is 5.75 Å². The lowest BCUT2D eigenvalue weighted by molar-refractivity contribution is -0.116. The van der Waals surface area contributed by atoms with Gasteiger partial charge in [-0.1, -0.05) is 24.3 Å². The van der Waals surface area contributed by atoms with E-state index >= 15 is 0 Å². The van der Waals surface area contributed by atoms with Gasteiger partial charge in [0, 0.05) is 25.8 Å². The number of sulfone groups is 1. The molecule has 9 heteroatoms. The lowest BCUT2D eigenvalue weighted by Crippen LogP contribution is -2.26. The monoisotopic (exact) mass is 484 g/mol. The van der Waals surface area contributed by atoms with Crippen LogP contribution < -0.4 is 10.1 Å². The summed E-state index contributed by atoms with van der Waals surface area (Å²) in [7, 11) is -1.30. The van der Waals surface area contributed by atoms with Crippen LogP contribution in [-0.4, -0.2) is 62.0 Å². The second kappa shape index (κ2) is 11.3. The number of anilines is 1. The van der Waals surface area contributed by atoms with E-state index in [1.807, 2.05) is 55.9 Å². The molecule has 0 aliphatic rings. The lowest BCUT2D eigenvalue weighted by Gasteiger charge is -2.16. The summed E-state index contributed by atoms with van der Waals surface area (Å²) in [5.41, 5.74) is 3.37. The number of amides is 1. The van der Waals surface area contributed by atoms with Crippen LogP contribution in [0.15, 0.2) is 59.5 Å². The minimum Gasteiger partial charge on any atom is -0.494 e. The van der Waals surface area contributed by atoms with Crippen molar-refractivity contribution in [3.8, 4) is 11.4 Å². The highest BCUT2D eigenvalue weighted by atomic mass is 32.2. The Hall–Kier alpha value is -3.17. The molecule has 3 rings (SSSR count). The standard InChI is InChI=1S/C25H32N4O4S/c1-19-25(20(2)29(27-19)21-10-6-5-7-11-21)26-24(30)14-16-28(3)15-9-17-33-22-12-8-13-23(18-22)34(4,31)32/h5-8,10-13,18H,9,14-17H2,1-4H3,(H,26,30). The van der Waals surface area contributed by atoms with E-state index in [0.29, 0.717) is 25.3 Å². The molecule has 0 bridgehead atoms. The molecule has 2 aromatic carbocycles. The summed E-state index contributed by atoms with van der Waals surface area (Å²) in [6, 6.07) is 16.3. The van der Waals surface area contributed by atoms with Gasteiger partial charge in [-0.3, -0.25) is 4.79 Å². The summed E-state index contributed by atoms with van der Waals surface area (Å²) in [6.07, 6.45) is 2.29. The van der Waals surface area contributed by atoms with Crippen molar-refractivity contribution in [1.29, 1.82) is 0 Å². The molecule has 8 nitrogen and oxygen atoms in total. The number of hydrogen-bond donors (Lipinski definition) is 1. The lowest BCUT2D eigenvalue weighted by atomic mass is 10.2. The number of ether oxygens (including phenoxy) is 1. The predicted octanol–water partition coefficient (Wildman–Crippen LogP) is 3.62. The van der Waals surface area contributed by atoms with Gasteiger partial charge in [0.15, 0.2) is 9.84 Å². The van der Waals surface area contributed by atoms with Crippen LogP contribution in [0.2, 0.25) is 0 Å². The number of nitrogens with zero attached hydrogens (tertiary/aromatic N) is 3. The molecule has 0 atom stereocenters. The van der Waals surface area contributed by atoms with Crippen molar-refractivity contribution in [2.75, 3.05) is 38.3 Å². The second-order valence-corrected chi connectivity index (χ2v) is 10.4. The molecule has 34 heavy (non-hydrogen) atoms. The Morgan fingerprint density at radius 3 is 2.53 bits per heavy atom. The van der Waals surface area contributed by atoms with Crippen LogP contribution >= 0.6 is 0 Å². The number of para-hydroxylation sites is 1. The van der Waals surface area contributed by atoms with Gasteiger partial charge in [-0.15, -0.1) is 0 Å². The van der Waals surface area contributed by atoms with Crippen LogP contribution in [0.4, 0.5) is 5.69 Å². The SMILES string of the molecule is Cc1nn(-c2ccccc2)c(C)c1NC(=O)CCN(C)CCCOc1cccc(S(C)(=O)=O)c1. The number of carbonyl (C=O) groups excluding carboxylic acids is 1. The van der Waals surface area contributed by atoms with Crippen molar-refractivity contribution in [1.82, 2.24) is 14.7 Å². The number of aromatic nitrogens is 2. The van der Waals surface area contributed by atoms with E-state index in [-0.39, 0.29) is 10.8 Å². The number of hydrogen-bond acceptors (Lipinski definition) is 6. The first kappa shape index (κ1) is 25.5. The van der Waals surface area contributed by atoms with Crippen molar-refractivity contribution in [3.63, 3.8) is 0 Å². The van der Waals surface area contributed by atoms with Crippen LogP contribution in [0.25, 0.3) is 5.69 Å². The molecule has 0 saturated heterocycles. The summed E-state index contributed by atoms with van der Waals surface area (Å²) in [6.45, 7) is 5.66.